The van der Waals surface area contributed by atoms with Gasteiger partial charge in [-0.25, -0.2) is 0 Å². The molecule has 3 aromatic rings. The lowest BCUT2D eigenvalue weighted by atomic mass is 9.84. The third kappa shape index (κ3) is 5.79. The van der Waals surface area contributed by atoms with E-state index >= 15 is 13.2 Å². The summed E-state index contributed by atoms with van der Waals surface area (Å²) in [6.07, 6.45) is -4.60. The van der Waals surface area contributed by atoms with Crippen LogP contribution in [0.2, 0.25) is 0 Å². The summed E-state index contributed by atoms with van der Waals surface area (Å²) >= 11 is 0. The number of benzene rings is 3. The zero-order chi connectivity index (χ0) is 31.4. The molecular weight excluding hydrogens is 565 g/mol. The average Bonchev–Trinajstić information content (AvgIpc) is 3.22. The number of ether oxygens (including phenoxy) is 3. The van der Waals surface area contributed by atoms with Crippen molar-refractivity contribution < 1.29 is 41.8 Å². The summed E-state index contributed by atoms with van der Waals surface area (Å²) in [5, 5.41) is 1.92. The van der Waals surface area contributed by atoms with Gasteiger partial charge in [0.05, 0.1) is 26.9 Å². The van der Waals surface area contributed by atoms with Crippen LogP contribution in [0.15, 0.2) is 84.1 Å². The summed E-state index contributed by atoms with van der Waals surface area (Å²) in [4.78, 5) is 42.2. The number of carbonyl (C=O) groups excluding carboxylic acids is 3. The normalized spacial score (nSPS) is 16.7. The highest BCUT2D eigenvalue weighted by Crippen LogP contribution is 2.46. The molecule has 0 aliphatic carbocycles. The quantitative estimate of drug-likeness (QED) is 0.299. The van der Waals surface area contributed by atoms with Gasteiger partial charge in [-0.15, -0.1) is 0 Å². The summed E-state index contributed by atoms with van der Waals surface area (Å²) in [7, 11) is 3.90. The Bertz CT molecular complexity index is 1510. The molecule has 1 aliphatic rings. The molecule has 0 unspecified atom stereocenters. The maximum Gasteiger partial charge on any atom is 0.425 e. The SMILES string of the molecule is COc1cc(C(=O)N[C@]2(C(F)(F)F)C(=O)N(CCCc3ccccc3)C(C)=C2C(=O)c2ccccc2)cc(OC)c1OC. The fraction of sp³-hybridized carbons (Fsp3) is 0.281. The Morgan fingerprint density at radius 1 is 0.860 bits per heavy atom. The number of hydrogen-bond acceptors (Lipinski definition) is 6. The van der Waals surface area contributed by atoms with Crippen LogP contribution in [0.4, 0.5) is 13.2 Å². The Morgan fingerprint density at radius 3 is 1.93 bits per heavy atom. The summed E-state index contributed by atoms with van der Waals surface area (Å²) < 4.78 is 61.6. The highest BCUT2D eigenvalue weighted by molar-refractivity contribution is 6.19. The number of Topliss-reactive ketones (excluding diaryl/α,β-unsaturated/α-hetero) is 1. The monoisotopic (exact) mass is 596 g/mol. The van der Waals surface area contributed by atoms with E-state index < -0.39 is 34.9 Å². The average molecular weight is 597 g/mol. The molecule has 0 spiro atoms. The molecule has 1 N–H and O–H groups in total. The summed E-state index contributed by atoms with van der Waals surface area (Å²) in [6.45, 7) is 1.18. The third-order valence-corrected chi connectivity index (χ3v) is 7.31. The molecule has 11 heteroatoms. The Balaban J connectivity index is 1.81. The number of nitrogens with zero attached hydrogens (tertiary/aromatic N) is 1. The van der Waals surface area contributed by atoms with Crippen LogP contribution in [-0.2, 0) is 11.2 Å². The van der Waals surface area contributed by atoms with Crippen molar-refractivity contribution in [2.45, 2.75) is 31.5 Å². The molecule has 2 amide bonds. The minimum absolute atomic E-state index is 0.0145. The second kappa shape index (κ2) is 12.6. The summed E-state index contributed by atoms with van der Waals surface area (Å²) in [5.74, 6) is -3.63. The van der Waals surface area contributed by atoms with Gasteiger partial charge in [-0.1, -0.05) is 60.7 Å². The number of amides is 2. The smallest absolute Gasteiger partial charge is 0.425 e. The molecule has 8 nitrogen and oxygen atoms in total. The lowest BCUT2D eigenvalue weighted by molar-refractivity contribution is -0.189. The molecule has 0 fully saturated rings. The lowest BCUT2D eigenvalue weighted by Crippen LogP contribution is -2.66. The molecule has 1 heterocycles. The van der Waals surface area contributed by atoms with Crippen LogP contribution in [0.3, 0.4) is 0 Å². The largest absolute Gasteiger partial charge is 0.493 e. The number of methoxy groups -OCH3 is 3. The van der Waals surface area contributed by atoms with Gasteiger partial charge in [-0.3, -0.25) is 14.4 Å². The standard InChI is InChI=1S/C32H31F3N2O6/c1-20-26(27(38)22-15-9-6-10-16-22)31(32(33,34)35,30(40)37(20)17-11-14-21-12-7-5-8-13-21)36-29(39)23-18-24(41-2)28(43-4)25(19-23)42-3/h5-10,12-13,15-16,18-19H,11,14,17H2,1-4H3,(H,36,39)/t31-/m0/s1. The van der Waals surface area contributed by atoms with Crippen molar-refractivity contribution in [2.75, 3.05) is 27.9 Å². The van der Waals surface area contributed by atoms with Gasteiger partial charge in [-0.05, 0) is 37.5 Å². The predicted octanol–water partition coefficient (Wildman–Crippen LogP) is 5.38. The van der Waals surface area contributed by atoms with Gasteiger partial charge in [0.25, 0.3) is 11.8 Å². The molecular formula is C32H31F3N2O6. The van der Waals surface area contributed by atoms with Crippen molar-refractivity contribution in [3.8, 4) is 17.2 Å². The number of ketones is 1. The Hall–Kier alpha value is -4.80. The van der Waals surface area contributed by atoms with E-state index in [0.29, 0.717) is 12.8 Å². The van der Waals surface area contributed by atoms with E-state index in [1.165, 1.54) is 52.5 Å². The Labute approximate surface area is 247 Å². The van der Waals surface area contributed by atoms with Crippen LogP contribution >= 0.6 is 0 Å². The molecule has 0 saturated carbocycles. The minimum atomic E-state index is -5.39. The lowest BCUT2D eigenvalue weighted by Gasteiger charge is -2.33. The van der Waals surface area contributed by atoms with Crippen molar-refractivity contribution in [1.82, 2.24) is 10.2 Å². The van der Waals surface area contributed by atoms with Crippen molar-refractivity contribution in [3.05, 3.63) is 101 Å². The van der Waals surface area contributed by atoms with E-state index in [4.69, 9.17) is 14.2 Å². The Morgan fingerprint density at radius 2 is 1.42 bits per heavy atom. The first kappa shape index (κ1) is 31.1. The maximum atomic E-state index is 15.3. The van der Waals surface area contributed by atoms with Crippen molar-refractivity contribution in [2.24, 2.45) is 0 Å². The van der Waals surface area contributed by atoms with Crippen LogP contribution in [0.1, 0.15) is 39.6 Å². The van der Waals surface area contributed by atoms with Gasteiger partial charge < -0.3 is 24.4 Å². The van der Waals surface area contributed by atoms with Crippen LogP contribution in [0.25, 0.3) is 0 Å². The van der Waals surface area contributed by atoms with E-state index in [0.717, 1.165) is 22.6 Å². The van der Waals surface area contributed by atoms with Crippen LogP contribution in [0, 0.1) is 0 Å². The van der Waals surface area contributed by atoms with Crippen LogP contribution in [-0.4, -0.2) is 62.1 Å². The van der Waals surface area contributed by atoms with Crippen LogP contribution < -0.4 is 19.5 Å². The highest BCUT2D eigenvalue weighted by atomic mass is 19.4. The van der Waals surface area contributed by atoms with Gasteiger partial charge >= 0.3 is 6.18 Å². The summed E-state index contributed by atoms with van der Waals surface area (Å²) in [5.41, 5.74) is -4.14. The molecule has 1 aliphatic heterocycles. The first-order chi connectivity index (χ1) is 20.5. The first-order valence-corrected chi connectivity index (χ1v) is 13.4. The Kier molecular flexibility index (Phi) is 9.13. The predicted molar refractivity (Wildman–Crippen MR) is 152 cm³/mol. The van der Waals surface area contributed by atoms with Gasteiger partial charge in [0.1, 0.15) is 0 Å². The van der Waals surface area contributed by atoms with Crippen molar-refractivity contribution >= 4 is 17.6 Å². The number of allylic oxidation sites excluding steroid dienone is 1. The van der Waals surface area contributed by atoms with Crippen LogP contribution in [0.5, 0.6) is 17.2 Å². The number of aryl methyl sites for hydroxylation is 1. The summed E-state index contributed by atoms with van der Waals surface area (Å²) in [6, 6.07) is 18.9. The second-order valence-corrected chi connectivity index (χ2v) is 9.82. The number of halogens is 3. The zero-order valence-electron chi connectivity index (χ0n) is 24.1. The molecule has 0 radical (unpaired) electrons. The van der Waals surface area contributed by atoms with E-state index in [9.17, 15) is 14.4 Å². The fourth-order valence-electron chi connectivity index (χ4n) is 5.20. The number of rotatable bonds is 11. The molecule has 0 saturated heterocycles. The van der Waals surface area contributed by atoms with E-state index in [2.05, 4.69) is 0 Å². The third-order valence-electron chi connectivity index (χ3n) is 7.31. The van der Waals surface area contributed by atoms with Gasteiger partial charge in [0, 0.05) is 23.4 Å². The van der Waals surface area contributed by atoms with Gasteiger partial charge in [-0.2, -0.15) is 13.2 Å². The molecule has 0 aromatic heterocycles. The van der Waals surface area contributed by atoms with E-state index in [1.54, 1.807) is 6.07 Å². The molecule has 43 heavy (non-hydrogen) atoms. The maximum absolute atomic E-state index is 15.3. The first-order valence-electron chi connectivity index (χ1n) is 13.4. The molecule has 4 rings (SSSR count). The van der Waals surface area contributed by atoms with Crippen molar-refractivity contribution in [3.63, 3.8) is 0 Å². The van der Waals surface area contributed by atoms with Gasteiger partial charge in [0.2, 0.25) is 11.3 Å². The number of hydrogen-bond donors (Lipinski definition) is 1. The minimum Gasteiger partial charge on any atom is -0.493 e. The van der Waals surface area contributed by atoms with E-state index in [1.807, 2.05) is 35.6 Å². The topological polar surface area (TPSA) is 94.2 Å². The zero-order valence-corrected chi connectivity index (χ0v) is 24.1. The highest BCUT2D eigenvalue weighted by Gasteiger charge is 2.70. The number of carbonyl (C=O) groups is 3. The fourth-order valence-corrected chi connectivity index (χ4v) is 5.20. The number of nitrogens with one attached hydrogen (secondary N) is 1. The second-order valence-electron chi connectivity index (χ2n) is 9.82. The molecule has 3 aromatic carbocycles. The molecule has 0 bridgehead atoms. The van der Waals surface area contributed by atoms with Gasteiger partial charge in [0.15, 0.2) is 17.3 Å². The molecule has 1 atom stereocenters. The number of alkyl halides is 3. The van der Waals surface area contributed by atoms with Crippen molar-refractivity contribution in [1.29, 1.82) is 0 Å². The molecule has 226 valence electrons. The van der Waals surface area contributed by atoms with E-state index in [-0.39, 0.29) is 40.6 Å².